The van der Waals surface area contributed by atoms with Crippen molar-refractivity contribution in [2.24, 2.45) is 5.73 Å². The molecule has 0 bridgehead atoms. The highest BCUT2D eigenvalue weighted by molar-refractivity contribution is 9.10. The predicted molar refractivity (Wildman–Crippen MR) is 69.8 cm³/mol. The van der Waals surface area contributed by atoms with Gasteiger partial charge in [-0.25, -0.2) is 4.39 Å². The summed E-state index contributed by atoms with van der Waals surface area (Å²) in [6.45, 7) is 2.53. The normalized spacial score (nSPS) is 10.7. The zero-order valence-corrected chi connectivity index (χ0v) is 11.5. The fourth-order valence-electron chi connectivity index (χ4n) is 1.56. The van der Waals surface area contributed by atoms with Gasteiger partial charge in [-0.2, -0.15) is 0 Å². The number of furan rings is 1. The summed E-state index contributed by atoms with van der Waals surface area (Å²) in [5.74, 6) is 1.62. The molecule has 0 atom stereocenters. The first-order valence-electron chi connectivity index (χ1n) is 5.46. The Morgan fingerprint density at radius 3 is 2.78 bits per heavy atom. The van der Waals surface area contributed by atoms with E-state index in [4.69, 9.17) is 14.9 Å². The van der Waals surface area contributed by atoms with Crippen molar-refractivity contribution in [1.82, 2.24) is 0 Å². The Balaban J connectivity index is 2.06. The van der Waals surface area contributed by atoms with E-state index in [1.807, 2.05) is 13.0 Å². The molecule has 0 radical (unpaired) electrons. The minimum absolute atomic E-state index is 0.330. The molecule has 0 unspecified atom stereocenters. The van der Waals surface area contributed by atoms with E-state index in [1.165, 1.54) is 6.07 Å². The molecule has 1 heterocycles. The Morgan fingerprint density at radius 2 is 2.17 bits per heavy atom. The summed E-state index contributed by atoms with van der Waals surface area (Å²) in [7, 11) is 0. The number of rotatable bonds is 4. The maximum Gasteiger partial charge on any atom is 0.141 e. The molecule has 18 heavy (non-hydrogen) atoms. The maximum absolute atomic E-state index is 13.3. The van der Waals surface area contributed by atoms with Gasteiger partial charge in [0.25, 0.3) is 0 Å². The first-order valence-corrected chi connectivity index (χ1v) is 6.25. The lowest BCUT2D eigenvalue weighted by molar-refractivity contribution is 0.301. The molecule has 0 spiro atoms. The highest BCUT2D eigenvalue weighted by Crippen LogP contribution is 2.22. The van der Waals surface area contributed by atoms with Crippen LogP contribution < -0.4 is 10.5 Å². The first kappa shape index (κ1) is 13.1. The van der Waals surface area contributed by atoms with Gasteiger partial charge in [-0.05, 0) is 41.1 Å². The highest BCUT2D eigenvalue weighted by atomic mass is 79.9. The average Bonchev–Trinajstić information content (AvgIpc) is 2.72. The van der Waals surface area contributed by atoms with Crippen LogP contribution in [0.3, 0.4) is 0 Å². The van der Waals surface area contributed by atoms with Crippen LogP contribution in [0.5, 0.6) is 5.75 Å². The molecule has 1 aromatic carbocycles. The molecule has 0 saturated heterocycles. The summed E-state index contributed by atoms with van der Waals surface area (Å²) < 4.78 is 24.6. The second-order valence-corrected chi connectivity index (χ2v) is 4.72. The van der Waals surface area contributed by atoms with E-state index in [0.717, 1.165) is 11.3 Å². The van der Waals surface area contributed by atoms with Crippen molar-refractivity contribution in [2.45, 2.75) is 20.1 Å². The van der Waals surface area contributed by atoms with Crippen molar-refractivity contribution in [3.63, 3.8) is 0 Å². The van der Waals surface area contributed by atoms with Gasteiger partial charge in [0.2, 0.25) is 0 Å². The zero-order valence-electron chi connectivity index (χ0n) is 9.87. The third kappa shape index (κ3) is 2.91. The molecule has 2 rings (SSSR count). The van der Waals surface area contributed by atoms with Crippen LogP contribution in [0.25, 0.3) is 0 Å². The van der Waals surface area contributed by atoms with Gasteiger partial charge in [0, 0.05) is 11.6 Å². The Kier molecular flexibility index (Phi) is 4.04. The van der Waals surface area contributed by atoms with Gasteiger partial charge < -0.3 is 14.9 Å². The number of benzene rings is 1. The molecular weight excluding hydrogens is 301 g/mol. The summed E-state index contributed by atoms with van der Waals surface area (Å²) in [5.41, 5.74) is 6.40. The van der Waals surface area contributed by atoms with Gasteiger partial charge in [-0.15, -0.1) is 0 Å². The van der Waals surface area contributed by atoms with Gasteiger partial charge >= 0.3 is 0 Å². The Morgan fingerprint density at radius 1 is 1.39 bits per heavy atom. The monoisotopic (exact) mass is 313 g/mol. The predicted octanol–water partition coefficient (Wildman–Crippen LogP) is 3.53. The molecule has 0 fully saturated rings. The second-order valence-electron chi connectivity index (χ2n) is 3.86. The lowest BCUT2D eigenvalue weighted by Crippen LogP contribution is -1.96. The lowest BCUT2D eigenvalue weighted by Gasteiger charge is -2.05. The lowest BCUT2D eigenvalue weighted by atomic mass is 10.2. The summed E-state index contributed by atoms with van der Waals surface area (Å²) in [6, 6.07) is 6.50. The van der Waals surface area contributed by atoms with E-state index >= 15 is 0 Å². The van der Waals surface area contributed by atoms with E-state index in [-0.39, 0.29) is 5.82 Å². The number of nitrogens with two attached hydrogens (primary N) is 1. The smallest absolute Gasteiger partial charge is 0.141 e. The quantitative estimate of drug-likeness (QED) is 0.939. The minimum Gasteiger partial charge on any atom is -0.489 e. The van der Waals surface area contributed by atoms with Crippen LogP contribution in [0.2, 0.25) is 0 Å². The van der Waals surface area contributed by atoms with Crippen molar-refractivity contribution >= 4 is 15.9 Å². The summed E-state index contributed by atoms with van der Waals surface area (Å²) in [4.78, 5) is 0. The maximum atomic E-state index is 13.3. The van der Waals surface area contributed by atoms with Crippen molar-refractivity contribution in [3.05, 3.63) is 51.6 Å². The standard InChI is InChI=1S/C13H13BrFNO2/c1-8-9(4-11(6-16)18-8)7-17-10-2-3-12(14)13(15)5-10/h2-5H,6-7,16H2,1H3. The Hall–Kier alpha value is -1.33. The van der Waals surface area contributed by atoms with Gasteiger partial charge in [0.1, 0.15) is 29.7 Å². The Labute approximate surface area is 113 Å². The van der Waals surface area contributed by atoms with Gasteiger partial charge in [0.15, 0.2) is 0 Å². The molecule has 0 aliphatic rings. The summed E-state index contributed by atoms with van der Waals surface area (Å²) in [5, 5.41) is 0. The topological polar surface area (TPSA) is 48.4 Å². The van der Waals surface area contributed by atoms with Crippen molar-refractivity contribution in [3.8, 4) is 5.75 Å². The molecule has 0 saturated carbocycles. The van der Waals surface area contributed by atoms with Crippen LogP contribution in [-0.4, -0.2) is 0 Å². The molecule has 96 valence electrons. The van der Waals surface area contributed by atoms with Crippen LogP contribution in [-0.2, 0) is 13.2 Å². The number of halogens is 2. The first-order chi connectivity index (χ1) is 8.60. The molecule has 0 amide bonds. The summed E-state index contributed by atoms with van der Waals surface area (Å²) in [6.07, 6.45) is 0. The van der Waals surface area contributed by atoms with Crippen LogP contribution in [0.1, 0.15) is 17.1 Å². The SMILES string of the molecule is Cc1oc(CN)cc1COc1ccc(Br)c(F)c1. The minimum atomic E-state index is -0.348. The fraction of sp³-hybridized carbons (Fsp3) is 0.231. The number of hydrogen-bond acceptors (Lipinski definition) is 3. The van der Waals surface area contributed by atoms with E-state index < -0.39 is 0 Å². The molecule has 0 aliphatic heterocycles. The van der Waals surface area contributed by atoms with Crippen LogP contribution in [0.15, 0.2) is 33.2 Å². The molecule has 3 nitrogen and oxygen atoms in total. The third-order valence-electron chi connectivity index (χ3n) is 2.56. The Bertz CT molecular complexity index is 554. The fourth-order valence-corrected chi connectivity index (χ4v) is 1.81. The average molecular weight is 314 g/mol. The largest absolute Gasteiger partial charge is 0.489 e. The molecule has 0 aliphatic carbocycles. The summed E-state index contributed by atoms with van der Waals surface area (Å²) >= 11 is 3.09. The van der Waals surface area contributed by atoms with Gasteiger partial charge in [-0.1, -0.05) is 0 Å². The highest BCUT2D eigenvalue weighted by Gasteiger charge is 2.08. The van der Waals surface area contributed by atoms with E-state index in [0.29, 0.717) is 29.1 Å². The second kappa shape index (κ2) is 5.54. The zero-order chi connectivity index (χ0) is 13.1. The van der Waals surface area contributed by atoms with Crippen molar-refractivity contribution < 1.29 is 13.5 Å². The molecular formula is C13H13BrFNO2. The molecule has 5 heteroatoms. The third-order valence-corrected chi connectivity index (χ3v) is 3.20. The van der Waals surface area contributed by atoms with Gasteiger partial charge in [-0.3, -0.25) is 0 Å². The van der Waals surface area contributed by atoms with Crippen molar-refractivity contribution in [2.75, 3.05) is 0 Å². The van der Waals surface area contributed by atoms with Gasteiger partial charge in [0.05, 0.1) is 11.0 Å². The van der Waals surface area contributed by atoms with Crippen LogP contribution >= 0.6 is 15.9 Å². The van der Waals surface area contributed by atoms with Crippen molar-refractivity contribution in [1.29, 1.82) is 0 Å². The molecule has 1 aromatic heterocycles. The number of ether oxygens (including phenoxy) is 1. The molecule has 2 aromatic rings. The number of aryl methyl sites for hydroxylation is 1. The number of hydrogen-bond donors (Lipinski definition) is 1. The van der Waals surface area contributed by atoms with E-state index in [9.17, 15) is 4.39 Å². The van der Waals surface area contributed by atoms with E-state index in [1.54, 1.807) is 12.1 Å². The molecule has 2 N–H and O–H groups in total. The van der Waals surface area contributed by atoms with E-state index in [2.05, 4.69) is 15.9 Å². The van der Waals surface area contributed by atoms with Crippen LogP contribution in [0.4, 0.5) is 4.39 Å². The van der Waals surface area contributed by atoms with Crippen LogP contribution in [0, 0.1) is 12.7 Å².